The van der Waals surface area contributed by atoms with Crippen LogP contribution >= 0.6 is 64.7 Å². The summed E-state index contributed by atoms with van der Waals surface area (Å²) in [5, 5.41) is 0.572. The van der Waals surface area contributed by atoms with Crippen LogP contribution in [0.2, 0.25) is 0 Å². The molecular weight excluding hydrogens is 561 g/mol. The zero-order valence-corrected chi connectivity index (χ0v) is 21.0. The van der Waals surface area contributed by atoms with E-state index < -0.39 is 9.14 Å². The first kappa shape index (κ1) is 21.8. The van der Waals surface area contributed by atoms with Crippen LogP contribution in [0.15, 0.2) is 41.8 Å². The van der Waals surface area contributed by atoms with E-state index in [1.54, 1.807) is 0 Å². The molecule has 9 heteroatoms. The van der Waals surface area contributed by atoms with Crippen molar-refractivity contribution in [3.8, 4) is 0 Å². The van der Waals surface area contributed by atoms with Crippen LogP contribution in [0.5, 0.6) is 0 Å². The molecule has 2 aliphatic rings. The molecule has 1 aromatic rings. The molecule has 2 atom stereocenters. The molecule has 3 rings (SSSR count). The van der Waals surface area contributed by atoms with E-state index in [0.717, 1.165) is 0 Å². The number of nitrogens with one attached hydrogen (secondary N) is 1. The van der Waals surface area contributed by atoms with Gasteiger partial charge in [-0.3, -0.25) is 0 Å². The Bertz CT molecular complexity index is 669. The molecule has 0 radical (unpaired) electrons. The van der Waals surface area contributed by atoms with Gasteiger partial charge in [0.1, 0.15) is 0 Å². The topological polar surface area (TPSA) is 14.0 Å². The summed E-state index contributed by atoms with van der Waals surface area (Å²) < 4.78 is 0. The van der Waals surface area contributed by atoms with Crippen molar-refractivity contribution in [2.24, 2.45) is 5.92 Å². The fourth-order valence-electron chi connectivity index (χ4n) is 2.92. The third-order valence-electron chi connectivity index (χ3n) is 3.87. The second-order valence-corrected chi connectivity index (χ2v) is 64.7. The van der Waals surface area contributed by atoms with E-state index in [2.05, 4.69) is 55.8 Å². The molecule has 0 aliphatic carbocycles. The van der Waals surface area contributed by atoms with Gasteiger partial charge in [0.05, 0.1) is 11.2 Å². The molecule has 2 heterocycles. The molecule has 1 nitrogen and oxygen atoms in total. The number of hydrogen-bond acceptors (Lipinski definition) is 1. The van der Waals surface area contributed by atoms with Gasteiger partial charge in [-0.15, -0.1) is 11.8 Å². The summed E-state index contributed by atoms with van der Waals surface area (Å²) in [4.78, 5) is 5.08. The predicted octanol–water partition coefficient (Wildman–Crippen LogP) is 5.74. The molecule has 0 spiro atoms. The fourth-order valence-corrected chi connectivity index (χ4v) is 4.44. The molecule has 136 valence electrons. The Balaban J connectivity index is 0.000000256. The summed E-state index contributed by atoms with van der Waals surface area (Å²) in [7, 11) is 25.0. The van der Waals surface area contributed by atoms with Crippen LogP contribution < -0.4 is 4.99 Å². The first-order valence-electron chi connectivity index (χ1n) is 7.15. The summed E-state index contributed by atoms with van der Waals surface area (Å²) in [6.07, 6.45) is 1.23. The zero-order valence-electron chi connectivity index (χ0n) is 13.1. The second kappa shape index (κ2) is 6.56. The fraction of sp³-hybridized carbons (Fsp3) is 0.400. The molecule has 1 aromatic carbocycles. The Morgan fingerprint density at radius 3 is 2.08 bits per heavy atom. The first-order chi connectivity index (χ1) is 10.5. The van der Waals surface area contributed by atoms with Crippen LogP contribution in [0, 0.1) is 5.92 Å². The third kappa shape index (κ3) is 7.28. The van der Waals surface area contributed by atoms with Crippen molar-refractivity contribution in [3.05, 3.63) is 47.4 Å². The van der Waals surface area contributed by atoms with Gasteiger partial charge >= 0.3 is 62.1 Å². The second-order valence-electron chi connectivity index (χ2n) is 6.45. The molecule has 1 saturated heterocycles. The van der Waals surface area contributed by atoms with Crippen molar-refractivity contribution in [1.82, 2.24) is 0 Å². The summed E-state index contributed by atoms with van der Waals surface area (Å²) in [6, 6.07) is 10.7. The van der Waals surface area contributed by atoms with Crippen LogP contribution in [-0.2, 0) is 0 Å². The number of benzene rings is 1. The average molecular weight is 579 g/mol. The van der Waals surface area contributed by atoms with Crippen LogP contribution in [0.1, 0.15) is 25.8 Å². The predicted molar refractivity (Wildman–Crippen MR) is 115 cm³/mol. The normalized spacial score (nSPS) is 28.2. The Kier molecular flexibility index (Phi) is 5.96. The van der Waals surface area contributed by atoms with E-state index in [1.807, 2.05) is 11.8 Å². The summed E-state index contributed by atoms with van der Waals surface area (Å²) in [5.74, 6) is 0.602. The molecule has 0 aromatic heterocycles. The maximum absolute atomic E-state index is 5.42. The Labute approximate surface area is 167 Å². The maximum atomic E-state index is 5.06. The van der Waals surface area contributed by atoms with E-state index in [-0.39, 0.29) is 5.54 Å². The molecular formula is C15H18Cl6NSSb. The molecule has 1 N–H and O–H groups in total. The van der Waals surface area contributed by atoms with Gasteiger partial charge in [0, 0.05) is 19.4 Å². The van der Waals surface area contributed by atoms with Crippen LogP contribution in [-0.4, -0.2) is 25.6 Å². The Morgan fingerprint density at radius 2 is 1.58 bits per heavy atom. The molecule has 0 amide bonds. The molecule has 2 aliphatic heterocycles. The van der Waals surface area contributed by atoms with Crippen molar-refractivity contribution in [1.29, 1.82) is 0 Å². The van der Waals surface area contributed by atoms with E-state index >= 15 is 0 Å². The average Bonchev–Trinajstić information content (AvgIpc) is 2.72. The van der Waals surface area contributed by atoms with E-state index in [9.17, 15) is 0 Å². The molecule has 0 saturated carbocycles. The van der Waals surface area contributed by atoms with Crippen LogP contribution in [0.25, 0.3) is 0 Å². The molecule has 2 unspecified atom stereocenters. The van der Waals surface area contributed by atoms with Gasteiger partial charge in [0.25, 0.3) is 0 Å². The summed E-state index contributed by atoms with van der Waals surface area (Å²) in [5.41, 5.74) is 2.84. The minimum absolute atomic E-state index is 0.127. The number of halogens is 6. The number of fused-ring (bicyclic) bond motifs is 2. The van der Waals surface area contributed by atoms with E-state index in [0.29, 0.717) is 11.2 Å². The minimum atomic E-state index is -5.42. The van der Waals surface area contributed by atoms with Crippen molar-refractivity contribution in [2.75, 3.05) is 0 Å². The monoisotopic (exact) mass is 575 g/mol. The standard InChI is InChI=1S/C15H17NS.6ClH.Sb/c1-10-12-9-13(17-10)14(16-15(12,2)3)11-7-5-4-6-8-11;;;;;;;/h4-8,12-13H,1,9H2,2-3H3;6*1H;/q;;;;;;;+5/p-5. The van der Waals surface area contributed by atoms with Crippen LogP contribution in [0.4, 0.5) is 0 Å². The Hall–Kier alpha value is 1.54. The van der Waals surface area contributed by atoms with E-state index in [1.165, 1.54) is 22.6 Å². The van der Waals surface area contributed by atoms with Crippen molar-refractivity contribution < 1.29 is 4.99 Å². The van der Waals surface area contributed by atoms with Gasteiger partial charge in [-0.05, 0) is 23.5 Å². The van der Waals surface area contributed by atoms with Crippen molar-refractivity contribution in [2.45, 2.75) is 31.1 Å². The summed E-state index contributed by atoms with van der Waals surface area (Å²) in [6.45, 7) is 8.80. The first-order valence-corrected chi connectivity index (χ1v) is 27.4. The van der Waals surface area contributed by atoms with Crippen LogP contribution in [0.3, 0.4) is 0 Å². The van der Waals surface area contributed by atoms with Gasteiger partial charge in [-0.2, -0.15) is 0 Å². The summed E-state index contributed by atoms with van der Waals surface area (Å²) >= 11 is 1.95. The van der Waals surface area contributed by atoms with Gasteiger partial charge in [0.2, 0.25) is 0 Å². The quantitative estimate of drug-likeness (QED) is 0.420. The molecule has 2 bridgehead atoms. The third-order valence-corrected chi connectivity index (χ3v) is 5.17. The molecule has 24 heavy (non-hydrogen) atoms. The van der Waals surface area contributed by atoms with Crippen molar-refractivity contribution in [3.63, 3.8) is 0 Å². The molecule has 1 fully saturated rings. The van der Waals surface area contributed by atoms with E-state index in [4.69, 9.17) is 53.0 Å². The Morgan fingerprint density at radius 1 is 1.08 bits per heavy atom. The van der Waals surface area contributed by atoms with Gasteiger partial charge in [0.15, 0.2) is 11.3 Å². The number of rotatable bonds is 1. The number of thioether (sulfide) groups is 1. The van der Waals surface area contributed by atoms with Gasteiger partial charge in [-0.1, -0.05) is 24.8 Å². The van der Waals surface area contributed by atoms with Gasteiger partial charge < -0.3 is 0 Å². The zero-order chi connectivity index (χ0) is 18.5. The number of hydrogen-bond donors (Lipinski definition) is 1. The SMILES string of the molecule is C=C1SC2CC1C(C)(C)[NH+]=C2c1ccccc1.[Cl][Sb-]([Cl])([Cl])([Cl])([Cl])[Cl]. The van der Waals surface area contributed by atoms with Gasteiger partial charge in [-0.25, -0.2) is 4.99 Å². The van der Waals surface area contributed by atoms with Crippen molar-refractivity contribution >= 4 is 79.6 Å².